The van der Waals surface area contributed by atoms with Crippen molar-refractivity contribution >= 4 is 27.6 Å². The van der Waals surface area contributed by atoms with Crippen LogP contribution in [0.3, 0.4) is 0 Å². The van der Waals surface area contributed by atoms with Gasteiger partial charge in [-0.05, 0) is 35.4 Å². The number of esters is 1. The zero-order chi connectivity index (χ0) is 18.7. The van der Waals surface area contributed by atoms with E-state index < -0.39 is 22.0 Å². The van der Waals surface area contributed by atoms with E-state index in [2.05, 4.69) is 9.46 Å². The first-order valence-electron chi connectivity index (χ1n) is 8.00. The molecule has 8 heteroatoms. The van der Waals surface area contributed by atoms with Crippen molar-refractivity contribution in [3.05, 3.63) is 58.6 Å². The van der Waals surface area contributed by atoms with Gasteiger partial charge in [0.1, 0.15) is 5.75 Å². The van der Waals surface area contributed by atoms with Crippen LogP contribution < -0.4 is 9.46 Å². The molecule has 0 aliphatic carbocycles. The Morgan fingerprint density at radius 2 is 2.08 bits per heavy atom. The third kappa shape index (κ3) is 4.00. The molecule has 0 bridgehead atoms. The Labute approximate surface area is 157 Å². The van der Waals surface area contributed by atoms with Gasteiger partial charge in [0.05, 0.1) is 31.1 Å². The largest absolute Gasteiger partial charge is 0.493 e. The van der Waals surface area contributed by atoms with Gasteiger partial charge in [-0.15, -0.1) is 0 Å². The van der Waals surface area contributed by atoms with E-state index in [0.717, 1.165) is 5.56 Å². The van der Waals surface area contributed by atoms with Crippen LogP contribution >= 0.6 is 11.6 Å². The molecule has 1 heterocycles. The van der Waals surface area contributed by atoms with Gasteiger partial charge in [0.25, 0.3) is 0 Å². The van der Waals surface area contributed by atoms with Crippen molar-refractivity contribution < 1.29 is 22.7 Å². The number of ether oxygens (including phenoxy) is 2. The lowest BCUT2D eigenvalue weighted by Crippen LogP contribution is -2.30. The highest BCUT2D eigenvalue weighted by Gasteiger charge is 2.26. The molecule has 0 amide bonds. The Morgan fingerprint density at radius 1 is 1.31 bits per heavy atom. The molecule has 1 aliphatic rings. The minimum absolute atomic E-state index is 0.115. The summed E-state index contributed by atoms with van der Waals surface area (Å²) in [5.74, 6) is 0.154. The Balaban J connectivity index is 1.92. The summed E-state index contributed by atoms with van der Waals surface area (Å²) in [6.07, 6.45) is 0.488. The standard InChI is InChI=1S/C18H18ClNO5S/c1-24-18(21)11-16(14-4-2-3-5-15(14)19)20-26(22,23)13-6-7-17-12(10-13)8-9-25-17/h2-7,10,16,20H,8-9,11H2,1H3. The van der Waals surface area contributed by atoms with Gasteiger partial charge in [0, 0.05) is 11.4 Å². The molecule has 0 spiro atoms. The normalized spacial score (nSPS) is 14.4. The number of benzene rings is 2. The number of nitrogens with one attached hydrogen (secondary N) is 1. The highest BCUT2D eigenvalue weighted by molar-refractivity contribution is 7.89. The molecular weight excluding hydrogens is 378 g/mol. The summed E-state index contributed by atoms with van der Waals surface area (Å²) < 4.78 is 38.4. The van der Waals surface area contributed by atoms with Crippen LogP contribution in [0.1, 0.15) is 23.6 Å². The summed E-state index contributed by atoms with van der Waals surface area (Å²) in [5, 5.41) is 0.367. The van der Waals surface area contributed by atoms with E-state index in [1.807, 2.05) is 0 Å². The lowest BCUT2D eigenvalue weighted by Gasteiger charge is -2.19. The third-order valence-electron chi connectivity index (χ3n) is 4.15. The summed E-state index contributed by atoms with van der Waals surface area (Å²) in [6, 6.07) is 10.6. The molecule has 1 unspecified atom stereocenters. The van der Waals surface area contributed by atoms with Crippen molar-refractivity contribution in [3.63, 3.8) is 0 Å². The molecule has 3 rings (SSSR count). The maximum atomic E-state index is 12.8. The summed E-state index contributed by atoms with van der Waals surface area (Å²) in [5.41, 5.74) is 1.35. The highest BCUT2D eigenvalue weighted by atomic mass is 35.5. The zero-order valence-corrected chi connectivity index (χ0v) is 15.6. The molecule has 26 heavy (non-hydrogen) atoms. The van der Waals surface area contributed by atoms with E-state index in [0.29, 0.717) is 29.4 Å². The van der Waals surface area contributed by atoms with Gasteiger partial charge in [-0.2, -0.15) is 0 Å². The van der Waals surface area contributed by atoms with Crippen LogP contribution in [0.2, 0.25) is 5.02 Å². The second-order valence-electron chi connectivity index (χ2n) is 5.84. The molecule has 2 aromatic rings. The average molecular weight is 396 g/mol. The quantitative estimate of drug-likeness (QED) is 0.760. The molecule has 1 atom stereocenters. The second-order valence-corrected chi connectivity index (χ2v) is 7.96. The molecule has 6 nitrogen and oxygen atoms in total. The number of methoxy groups -OCH3 is 1. The number of halogens is 1. The topological polar surface area (TPSA) is 81.7 Å². The Morgan fingerprint density at radius 3 is 2.81 bits per heavy atom. The summed E-state index contributed by atoms with van der Waals surface area (Å²) in [4.78, 5) is 11.9. The van der Waals surface area contributed by atoms with Crippen LogP contribution in [0, 0.1) is 0 Å². The summed E-state index contributed by atoms with van der Waals surface area (Å²) >= 11 is 6.19. The van der Waals surface area contributed by atoms with Gasteiger partial charge in [0.15, 0.2) is 0 Å². The number of rotatable bonds is 6. The molecular formula is C18H18ClNO5S. The molecule has 138 valence electrons. The smallest absolute Gasteiger partial charge is 0.307 e. The lowest BCUT2D eigenvalue weighted by atomic mass is 10.1. The average Bonchev–Trinajstić information content (AvgIpc) is 3.09. The number of sulfonamides is 1. The molecule has 1 N–H and O–H groups in total. The van der Waals surface area contributed by atoms with Crippen molar-refractivity contribution in [1.29, 1.82) is 0 Å². The van der Waals surface area contributed by atoms with Crippen molar-refractivity contribution in [2.24, 2.45) is 0 Å². The van der Waals surface area contributed by atoms with Crippen molar-refractivity contribution in [2.45, 2.75) is 23.8 Å². The summed E-state index contributed by atoms with van der Waals surface area (Å²) in [7, 11) is -2.62. The molecule has 0 aromatic heterocycles. The first-order valence-corrected chi connectivity index (χ1v) is 9.86. The maximum Gasteiger partial charge on any atom is 0.307 e. The fourth-order valence-corrected chi connectivity index (χ4v) is 4.34. The fraction of sp³-hybridized carbons (Fsp3) is 0.278. The molecule has 0 radical (unpaired) electrons. The van der Waals surface area contributed by atoms with E-state index in [-0.39, 0.29) is 11.3 Å². The maximum absolute atomic E-state index is 12.8. The van der Waals surface area contributed by atoms with Crippen molar-refractivity contribution in [1.82, 2.24) is 4.72 Å². The number of fused-ring (bicyclic) bond motifs is 1. The van der Waals surface area contributed by atoms with Gasteiger partial charge >= 0.3 is 5.97 Å². The van der Waals surface area contributed by atoms with Gasteiger partial charge in [0.2, 0.25) is 10.0 Å². The van der Waals surface area contributed by atoms with Crippen molar-refractivity contribution in [3.8, 4) is 5.75 Å². The predicted octanol–water partition coefficient (Wildman–Crippen LogP) is 2.86. The Bertz CT molecular complexity index is 929. The minimum Gasteiger partial charge on any atom is -0.493 e. The van der Waals surface area contributed by atoms with E-state index in [4.69, 9.17) is 16.3 Å². The van der Waals surface area contributed by atoms with E-state index in [1.165, 1.54) is 13.2 Å². The summed E-state index contributed by atoms with van der Waals surface area (Å²) in [6.45, 7) is 0.539. The number of carbonyl (C=O) groups excluding carboxylic acids is 1. The molecule has 0 saturated carbocycles. The van der Waals surface area contributed by atoms with E-state index in [1.54, 1.807) is 36.4 Å². The fourth-order valence-electron chi connectivity index (χ4n) is 2.81. The van der Waals surface area contributed by atoms with Crippen LogP contribution in [0.25, 0.3) is 0 Å². The molecule has 0 fully saturated rings. The number of carbonyl (C=O) groups is 1. The third-order valence-corrected chi connectivity index (χ3v) is 5.96. The van der Waals surface area contributed by atoms with Crippen molar-refractivity contribution in [2.75, 3.05) is 13.7 Å². The molecule has 2 aromatic carbocycles. The Kier molecular flexibility index (Phi) is 5.50. The predicted molar refractivity (Wildman–Crippen MR) is 96.8 cm³/mol. The zero-order valence-electron chi connectivity index (χ0n) is 14.1. The highest BCUT2D eigenvalue weighted by Crippen LogP contribution is 2.30. The number of hydrogen-bond donors (Lipinski definition) is 1. The Hall–Kier alpha value is -2.09. The number of hydrogen-bond acceptors (Lipinski definition) is 5. The van der Waals surface area contributed by atoms with Crippen LogP contribution in [0.5, 0.6) is 5.75 Å². The van der Waals surface area contributed by atoms with Crippen LogP contribution in [-0.4, -0.2) is 28.1 Å². The van der Waals surface area contributed by atoms with Crippen LogP contribution in [0.15, 0.2) is 47.4 Å². The SMILES string of the molecule is COC(=O)CC(NS(=O)(=O)c1ccc2c(c1)CCO2)c1ccccc1Cl. The minimum atomic E-state index is -3.87. The molecule has 0 saturated heterocycles. The first kappa shape index (κ1) is 18.7. The van der Waals surface area contributed by atoms with E-state index in [9.17, 15) is 13.2 Å². The van der Waals surface area contributed by atoms with Crippen LogP contribution in [-0.2, 0) is 26.0 Å². The lowest BCUT2D eigenvalue weighted by molar-refractivity contribution is -0.141. The van der Waals surface area contributed by atoms with Gasteiger partial charge in [-0.3, -0.25) is 4.79 Å². The van der Waals surface area contributed by atoms with Gasteiger partial charge in [-0.1, -0.05) is 29.8 Å². The second kappa shape index (κ2) is 7.65. The molecule has 1 aliphatic heterocycles. The monoisotopic (exact) mass is 395 g/mol. The first-order chi connectivity index (χ1) is 12.4. The van der Waals surface area contributed by atoms with E-state index >= 15 is 0 Å². The van der Waals surface area contributed by atoms with Crippen LogP contribution in [0.4, 0.5) is 0 Å². The van der Waals surface area contributed by atoms with Gasteiger partial charge < -0.3 is 9.47 Å². The van der Waals surface area contributed by atoms with Gasteiger partial charge in [-0.25, -0.2) is 13.1 Å².